The van der Waals surface area contributed by atoms with Gasteiger partial charge in [0.15, 0.2) is 0 Å². The summed E-state index contributed by atoms with van der Waals surface area (Å²) in [5, 5.41) is 0.404. The van der Waals surface area contributed by atoms with Crippen molar-refractivity contribution in [3.05, 3.63) is 69.5 Å². The van der Waals surface area contributed by atoms with Crippen molar-refractivity contribution in [2.24, 2.45) is 5.73 Å². The van der Waals surface area contributed by atoms with Gasteiger partial charge in [0, 0.05) is 11.1 Å². The third-order valence-electron chi connectivity index (χ3n) is 3.28. The molecule has 1 atom stereocenters. The van der Waals surface area contributed by atoms with Crippen LogP contribution in [0.3, 0.4) is 0 Å². The van der Waals surface area contributed by atoms with Gasteiger partial charge in [0.1, 0.15) is 5.82 Å². The van der Waals surface area contributed by atoms with Crippen LogP contribution in [0.4, 0.5) is 4.39 Å². The first-order valence-corrected chi connectivity index (χ1v) is 6.62. The fourth-order valence-corrected chi connectivity index (χ4v) is 2.43. The molecule has 0 aliphatic rings. The first-order valence-electron chi connectivity index (χ1n) is 6.24. The molecule has 2 aromatic carbocycles. The van der Waals surface area contributed by atoms with E-state index in [1.165, 1.54) is 11.6 Å². The van der Waals surface area contributed by atoms with Gasteiger partial charge < -0.3 is 5.73 Å². The van der Waals surface area contributed by atoms with Crippen LogP contribution in [0, 0.1) is 19.7 Å². The van der Waals surface area contributed by atoms with Crippen LogP contribution in [0.15, 0.2) is 36.4 Å². The average Bonchev–Trinajstić information content (AvgIpc) is 2.32. The molecule has 2 aromatic rings. The normalized spacial score (nSPS) is 12.5. The smallest absolute Gasteiger partial charge is 0.127 e. The lowest BCUT2D eigenvalue weighted by Crippen LogP contribution is -2.15. The SMILES string of the molecule is Cc1ccc(C(N)Cc2ccc(Cl)cc2F)c(C)c1. The molecule has 0 amide bonds. The second-order valence-electron chi connectivity index (χ2n) is 4.91. The molecule has 1 nitrogen and oxygen atoms in total. The van der Waals surface area contributed by atoms with Crippen molar-refractivity contribution >= 4 is 11.6 Å². The minimum atomic E-state index is -0.298. The van der Waals surface area contributed by atoms with Gasteiger partial charge in [-0.05, 0) is 49.1 Å². The Morgan fingerprint density at radius 2 is 1.89 bits per heavy atom. The Kier molecular flexibility index (Phi) is 4.23. The Morgan fingerprint density at radius 3 is 2.53 bits per heavy atom. The molecule has 1 unspecified atom stereocenters. The Hall–Kier alpha value is -1.38. The predicted octanol–water partition coefficient (Wildman–Crippen LogP) is 4.34. The number of rotatable bonds is 3. The van der Waals surface area contributed by atoms with Gasteiger partial charge in [-0.1, -0.05) is 41.4 Å². The molecule has 2 rings (SSSR count). The third kappa shape index (κ3) is 3.34. The van der Waals surface area contributed by atoms with Crippen molar-refractivity contribution < 1.29 is 4.39 Å². The van der Waals surface area contributed by atoms with E-state index in [2.05, 4.69) is 6.07 Å². The Labute approximate surface area is 118 Å². The van der Waals surface area contributed by atoms with E-state index in [1.807, 2.05) is 26.0 Å². The highest BCUT2D eigenvalue weighted by atomic mass is 35.5. The molecule has 100 valence electrons. The summed E-state index contributed by atoms with van der Waals surface area (Å²) < 4.78 is 13.8. The van der Waals surface area contributed by atoms with E-state index in [0.717, 1.165) is 11.1 Å². The number of halogens is 2. The fourth-order valence-electron chi connectivity index (χ4n) is 2.28. The van der Waals surface area contributed by atoms with E-state index >= 15 is 0 Å². The quantitative estimate of drug-likeness (QED) is 0.887. The summed E-state index contributed by atoms with van der Waals surface area (Å²) in [6.45, 7) is 4.07. The number of benzene rings is 2. The summed E-state index contributed by atoms with van der Waals surface area (Å²) in [6, 6.07) is 10.6. The summed E-state index contributed by atoms with van der Waals surface area (Å²) in [4.78, 5) is 0. The molecule has 19 heavy (non-hydrogen) atoms. The third-order valence-corrected chi connectivity index (χ3v) is 3.51. The lowest BCUT2D eigenvalue weighted by molar-refractivity contribution is 0.593. The van der Waals surface area contributed by atoms with Crippen molar-refractivity contribution in [1.82, 2.24) is 0 Å². The Balaban J connectivity index is 2.23. The van der Waals surface area contributed by atoms with Gasteiger partial charge >= 0.3 is 0 Å². The van der Waals surface area contributed by atoms with Crippen molar-refractivity contribution in [2.45, 2.75) is 26.3 Å². The van der Waals surface area contributed by atoms with E-state index < -0.39 is 0 Å². The zero-order chi connectivity index (χ0) is 14.0. The molecule has 0 heterocycles. The molecule has 0 radical (unpaired) electrons. The minimum Gasteiger partial charge on any atom is -0.324 e. The molecule has 0 fully saturated rings. The number of aryl methyl sites for hydroxylation is 2. The van der Waals surface area contributed by atoms with Crippen molar-refractivity contribution in [1.29, 1.82) is 0 Å². The van der Waals surface area contributed by atoms with Crippen LogP contribution >= 0.6 is 11.6 Å². The van der Waals surface area contributed by atoms with Crippen molar-refractivity contribution in [2.75, 3.05) is 0 Å². The largest absolute Gasteiger partial charge is 0.324 e. The summed E-state index contributed by atoms with van der Waals surface area (Å²) in [5.74, 6) is -0.298. The van der Waals surface area contributed by atoms with E-state index in [0.29, 0.717) is 17.0 Å². The summed E-state index contributed by atoms with van der Waals surface area (Å²) in [7, 11) is 0. The number of nitrogens with two attached hydrogens (primary N) is 1. The molecule has 0 spiro atoms. The molecule has 0 saturated heterocycles. The zero-order valence-electron chi connectivity index (χ0n) is 11.1. The van der Waals surface area contributed by atoms with Crippen LogP contribution < -0.4 is 5.73 Å². The molecule has 0 saturated carbocycles. The first kappa shape index (κ1) is 14.0. The second-order valence-corrected chi connectivity index (χ2v) is 5.34. The standard InChI is InChI=1S/C16H17ClFN/c1-10-3-6-14(11(2)7-10)16(19)8-12-4-5-13(17)9-15(12)18/h3-7,9,16H,8,19H2,1-2H3. The molecule has 0 aliphatic heterocycles. The molecule has 0 aliphatic carbocycles. The van der Waals surface area contributed by atoms with Crippen LogP contribution in [0.25, 0.3) is 0 Å². The van der Waals surface area contributed by atoms with Crippen molar-refractivity contribution in [3.63, 3.8) is 0 Å². The van der Waals surface area contributed by atoms with Gasteiger partial charge in [0.25, 0.3) is 0 Å². The predicted molar refractivity (Wildman–Crippen MR) is 78.0 cm³/mol. The topological polar surface area (TPSA) is 26.0 Å². The van der Waals surface area contributed by atoms with E-state index in [1.54, 1.807) is 12.1 Å². The summed E-state index contributed by atoms with van der Waals surface area (Å²) >= 11 is 5.74. The van der Waals surface area contributed by atoms with E-state index in [9.17, 15) is 4.39 Å². The van der Waals surface area contributed by atoms with Crippen LogP contribution in [0.1, 0.15) is 28.3 Å². The maximum Gasteiger partial charge on any atom is 0.127 e. The highest BCUT2D eigenvalue weighted by Crippen LogP contribution is 2.23. The lowest BCUT2D eigenvalue weighted by atomic mass is 9.95. The van der Waals surface area contributed by atoms with Gasteiger partial charge in [-0.15, -0.1) is 0 Å². The minimum absolute atomic E-state index is 0.212. The summed E-state index contributed by atoms with van der Waals surface area (Å²) in [5.41, 5.74) is 10.2. The van der Waals surface area contributed by atoms with Gasteiger partial charge in [0.2, 0.25) is 0 Å². The first-order chi connectivity index (χ1) is 8.97. The highest BCUT2D eigenvalue weighted by molar-refractivity contribution is 6.30. The average molecular weight is 278 g/mol. The highest BCUT2D eigenvalue weighted by Gasteiger charge is 2.12. The van der Waals surface area contributed by atoms with Gasteiger partial charge in [-0.3, -0.25) is 0 Å². The van der Waals surface area contributed by atoms with Crippen LogP contribution in [0.2, 0.25) is 5.02 Å². The number of hydrogen-bond donors (Lipinski definition) is 1. The maximum atomic E-state index is 13.8. The molecule has 3 heteroatoms. The van der Waals surface area contributed by atoms with Gasteiger partial charge in [-0.25, -0.2) is 4.39 Å². The van der Waals surface area contributed by atoms with E-state index in [4.69, 9.17) is 17.3 Å². The molecule has 0 aromatic heterocycles. The molecule has 2 N–H and O–H groups in total. The van der Waals surface area contributed by atoms with Crippen LogP contribution in [-0.2, 0) is 6.42 Å². The van der Waals surface area contributed by atoms with Gasteiger partial charge in [0.05, 0.1) is 0 Å². The summed E-state index contributed by atoms with van der Waals surface area (Å²) in [6.07, 6.45) is 0.465. The molecular formula is C16H17ClFN. The lowest BCUT2D eigenvalue weighted by Gasteiger charge is -2.16. The van der Waals surface area contributed by atoms with Crippen molar-refractivity contribution in [3.8, 4) is 0 Å². The fraction of sp³-hybridized carbons (Fsp3) is 0.250. The second kappa shape index (κ2) is 5.72. The van der Waals surface area contributed by atoms with Crippen LogP contribution in [-0.4, -0.2) is 0 Å². The van der Waals surface area contributed by atoms with E-state index in [-0.39, 0.29) is 11.9 Å². The Morgan fingerprint density at radius 1 is 1.16 bits per heavy atom. The zero-order valence-corrected chi connectivity index (χ0v) is 11.8. The molecule has 0 bridgehead atoms. The Bertz CT molecular complexity index is 595. The monoisotopic (exact) mass is 277 g/mol. The van der Waals surface area contributed by atoms with Crippen LogP contribution in [0.5, 0.6) is 0 Å². The molecular weight excluding hydrogens is 261 g/mol. The number of hydrogen-bond acceptors (Lipinski definition) is 1. The maximum absolute atomic E-state index is 13.8. The van der Waals surface area contributed by atoms with Gasteiger partial charge in [-0.2, -0.15) is 0 Å².